The molecule has 0 aliphatic rings. The molecule has 19 heavy (non-hydrogen) atoms. The van der Waals surface area contributed by atoms with Crippen LogP contribution in [0.3, 0.4) is 0 Å². The lowest BCUT2D eigenvalue weighted by atomic mass is 10.2. The van der Waals surface area contributed by atoms with Crippen molar-refractivity contribution in [3.63, 3.8) is 0 Å². The van der Waals surface area contributed by atoms with Crippen LogP contribution in [-0.4, -0.2) is 18.6 Å². The predicted molar refractivity (Wildman–Crippen MR) is 71.5 cm³/mol. The van der Waals surface area contributed by atoms with Crippen molar-refractivity contribution in [1.29, 1.82) is 0 Å². The fraction of sp³-hybridized carbons (Fsp3) is 0.333. The van der Waals surface area contributed by atoms with Crippen LogP contribution >= 0.6 is 11.6 Å². The number of hydrogen-bond acceptors (Lipinski definition) is 5. The van der Waals surface area contributed by atoms with E-state index in [0.29, 0.717) is 16.5 Å². The maximum Gasteiger partial charge on any atom is 0.223 e. The molecule has 0 bridgehead atoms. The molecule has 7 heteroatoms. The molecule has 0 saturated carbocycles. The van der Waals surface area contributed by atoms with Gasteiger partial charge in [-0.05, 0) is 24.6 Å². The molecule has 5 nitrogen and oxygen atoms in total. The minimum atomic E-state index is -3.39. The molecular weight excluding hydrogens is 288 g/mol. The second kappa shape index (κ2) is 5.30. The molecule has 0 aliphatic heterocycles. The molecule has 0 aliphatic carbocycles. The standard InChI is InChI=1S/C12H13ClN2O3S/c1-8(10-3-5-11(13)6-4-10)19(16,17)7-12-14-9(2)18-15-12/h3-6,8H,7H2,1-2H3/t8-/m0/s1. The first-order chi connectivity index (χ1) is 8.88. The summed E-state index contributed by atoms with van der Waals surface area (Å²) in [6, 6.07) is 6.74. The zero-order valence-electron chi connectivity index (χ0n) is 10.5. The highest BCUT2D eigenvalue weighted by Crippen LogP contribution is 2.25. The van der Waals surface area contributed by atoms with Gasteiger partial charge in [-0.1, -0.05) is 28.9 Å². The largest absolute Gasteiger partial charge is 0.340 e. The van der Waals surface area contributed by atoms with Gasteiger partial charge in [0.1, 0.15) is 5.75 Å². The summed E-state index contributed by atoms with van der Waals surface area (Å²) in [5.74, 6) is 0.288. The Morgan fingerprint density at radius 1 is 1.32 bits per heavy atom. The van der Waals surface area contributed by atoms with Crippen molar-refractivity contribution in [3.8, 4) is 0 Å². The van der Waals surface area contributed by atoms with Crippen LogP contribution in [0.25, 0.3) is 0 Å². The molecule has 0 N–H and O–H groups in total. The van der Waals surface area contributed by atoms with Crippen LogP contribution < -0.4 is 0 Å². The number of rotatable bonds is 4. The van der Waals surface area contributed by atoms with Crippen molar-refractivity contribution in [1.82, 2.24) is 10.1 Å². The lowest BCUT2D eigenvalue weighted by molar-refractivity contribution is 0.388. The van der Waals surface area contributed by atoms with E-state index in [0.717, 1.165) is 0 Å². The average molecular weight is 301 g/mol. The summed E-state index contributed by atoms with van der Waals surface area (Å²) in [7, 11) is -3.39. The Morgan fingerprint density at radius 3 is 2.47 bits per heavy atom. The van der Waals surface area contributed by atoms with Crippen molar-refractivity contribution in [2.75, 3.05) is 0 Å². The summed E-state index contributed by atoms with van der Waals surface area (Å²) in [6.07, 6.45) is 0. The lowest BCUT2D eigenvalue weighted by Gasteiger charge is -2.11. The highest BCUT2D eigenvalue weighted by molar-refractivity contribution is 7.90. The van der Waals surface area contributed by atoms with Crippen LogP contribution in [-0.2, 0) is 15.6 Å². The van der Waals surface area contributed by atoms with Gasteiger partial charge >= 0.3 is 0 Å². The van der Waals surface area contributed by atoms with Gasteiger partial charge in [-0.3, -0.25) is 0 Å². The van der Waals surface area contributed by atoms with Crippen LogP contribution in [0.2, 0.25) is 5.02 Å². The first kappa shape index (κ1) is 14.0. The van der Waals surface area contributed by atoms with Crippen LogP contribution in [0.15, 0.2) is 28.8 Å². The van der Waals surface area contributed by atoms with E-state index in [2.05, 4.69) is 10.1 Å². The normalized spacial score (nSPS) is 13.4. The Kier molecular flexibility index (Phi) is 3.91. The zero-order chi connectivity index (χ0) is 14.0. The van der Waals surface area contributed by atoms with E-state index in [1.165, 1.54) is 0 Å². The summed E-state index contributed by atoms with van der Waals surface area (Å²) in [6.45, 7) is 3.25. The Bertz CT molecular complexity index is 665. The molecular formula is C12H13ClN2O3S. The number of aryl methyl sites for hydroxylation is 1. The highest BCUT2D eigenvalue weighted by atomic mass is 35.5. The van der Waals surface area contributed by atoms with Gasteiger partial charge in [0.05, 0.1) is 5.25 Å². The van der Waals surface area contributed by atoms with Crippen molar-refractivity contribution in [2.45, 2.75) is 24.9 Å². The van der Waals surface area contributed by atoms with E-state index in [-0.39, 0.29) is 11.6 Å². The van der Waals surface area contributed by atoms with Gasteiger partial charge in [-0.15, -0.1) is 0 Å². The highest BCUT2D eigenvalue weighted by Gasteiger charge is 2.25. The first-order valence-corrected chi connectivity index (χ1v) is 7.74. The third kappa shape index (κ3) is 3.33. The van der Waals surface area contributed by atoms with Gasteiger partial charge in [0, 0.05) is 11.9 Å². The van der Waals surface area contributed by atoms with Crippen molar-refractivity contribution >= 4 is 21.4 Å². The molecule has 0 fully saturated rings. The number of sulfone groups is 1. The Balaban J connectivity index is 2.21. The van der Waals surface area contributed by atoms with Gasteiger partial charge < -0.3 is 4.52 Å². The maximum absolute atomic E-state index is 12.2. The van der Waals surface area contributed by atoms with Gasteiger partial charge in [-0.2, -0.15) is 4.98 Å². The van der Waals surface area contributed by atoms with Crippen LogP contribution in [0, 0.1) is 6.92 Å². The van der Waals surface area contributed by atoms with E-state index in [4.69, 9.17) is 16.1 Å². The average Bonchev–Trinajstić information content (AvgIpc) is 2.74. The molecule has 0 radical (unpaired) electrons. The molecule has 0 saturated heterocycles. The summed E-state index contributed by atoms with van der Waals surface area (Å²) >= 11 is 5.78. The van der Waals surface area contributed by atoms with Crippen molar-refractivity contribution < 1.29 is 12.9 Å². The van der Waals surface area contributed by atoms with Crippen molar-refractivity contribution in [3.05, 3.63) is 46.6 Å². The van der Waals surface area contributed by atoms with E-state index in [9.17, 15) is 8.42 Å². The first-order valence-electron chi connectivity index (χ1n) is 5.65. The van der Waals surface area contributed by atoms with E-state index < -0.39 is 15.1 Å². The van der Waals surface area contributed by atoms with E-state index >= 15 is 0 Å². The zero-order valence-corrected chi connectivity index (χ0v) is 12.1. The van der Waals surface area contributed by atoms with Crippen LogP contribution in [0.1, 0.15) is 29.5 Å². The van der Waals surface area contributed by atoms with Gasteiger partial charge in [0.25, 0.3) is 0 Å². The van der Waals surface area contributed by atoms with Gasteiger partial charge in [0.2, 0.25) is 5.89 Å². The molecule has 0 spiro atoms. The summed E-state index contributed by atoms with van der Waals surface area (Å²) in [4.78, 5) is 3.91. The Morgan fingerprint density at radius 2 is 1.95 bits per heavy atom. The van der Waals surface area contributed by atoms with Gasteiger partial charge in [0.15, 0.2) is 15.7 Å². The number of aromatic nitrogens is 2. The minimum Gasteiger partial charge on any atom is -0.340 e. The molecule has 0 unspecified atom stereocenters. The van der Waals surface area contributed by atoms with Crippen LogP contribution in [0.5, 0.6) is 0 Å². The molecule has 1 heterocycles. The smallest absolute Gasteiger partial charge is 0.223 e. The monoisotopic (exact) mass is 300 g/mol. The third-order valence-electron chi connectivity index (χ3n) is 2.78. The number of benzene rings is 1. The third-order valence-corrected chi connectivity index (χ3v) is 5.04. The molecule has 0 amide bonds. The van der Waals surface area contributed by atoms with E-state index in [1.807, 2.05) is 0 Å². The maximum atomic E-state index is 12.2. The number of halogens is 1. The second-order valence-electron chi connectivity index (χ2n) is 4.23. The fourth-order valence-corrected chi connectivity index (χ4v) is 3.07. The Labute approximate surface area is 116 Å². The topological polar surface area (TPSA) is 73.1 Å². The van der Waals surface area contributed by atoms with Gasteiger partial charge in [-0.25, -0.2) is 8.42 Å². The quantitative estimate of drug-likeness (QED) is 0.868. The summed E-state index contributed by atoms with van der Waals surface area (Å²) < 4.78 is 29.2. The summed E-state index contributed by atoms with van der Waals surface area (Å²) in [5, 5.41) is 3.53. The van der Waals surface area contributed by atoms with E-state index in [1.54, 1.807) is 38.1 Å². The molecule has 2 aromatic rings. The lowest BCUT2D eigenvalue weighted by Crippen LogP contribution is -2.13. The Hall–Kier alpha value is -1.40. The molecule has 1 aromatic carbocycles. The molecule has 1 aromatic heterocycles. The minimum absolute atomic E-state index is 0.179. The SMILES string of the molecule is Cc1nc(CS(=O)(=O)[C@@H](C)c2ccc(Cl)cc2)no1. The summed E-state index contributed by atoms with van der Waals surface area (Å²) in [5.41, 5.74) is 0.685. The molecule has 102 valence electrons. The van der Waals surface area contributed by atoms with Crippen LogP contribution in [0.4, 0.5) is 0 Å². The number of hydrogen-bond donors (Lipinski definition) is 0. The number of nitrogens with zero attached hydrogens (tertiary/aromatic N) is 2. The fourth-order valence-electron chi connectivity index (χ4n) is 1.65. The second-order valence-corrected chi connectivity index (χ2v) is 6.99. The predicted octanol–water partition coefficient (Wildman–Crippen LogP) is 2.71. The molecule has 2 rings (SSSR count). The van der Waals surface area contributed by atoms with Crippen molar-refractivity contribution in [2.24, 2.45) is 0 Å². The molecule has 1 atom stereocenters.